The third-order valence-electron chi connectivity index (χ3n) is 7.17. The topological polar surface area (TPSA) is 72.9 Å². The van der Waals surface area contributed by atoms with Crippen LogP contribution in [0.3, 0.4) is 0 Å². The first kappa shape index (κ1) is 21.5. The van der Waals surface area contributed by atoms with Crippen LogP contribution in [0.1, 0.15) is 5.56 Å². The minimum atomic E-state index is 0.0374. The van der Waals surface area contributed by atoms with E-state index in [1.165, 1.54) is 5.56 Å². The van der Waals surface area contributed by atoms with E-state index in [2.05, 4.69) is 27.3 Å². The maximum Gasteiger partial charge on any atom is 0.228 e. The zero-order chi connectivity index (χ0) is 23.2. The van der Waals surface area contributed by atoms with Crippen LogP contribution in [-0.4, -0.2) is 55.7 Å². The number of likely N-dealkylation sites (tertiary alicyclic amines) is 1. The second kappa shape index (κ2) is 8.64. The molecule has 7 nitrogen and oxygen atoms in total. The van der Waals surface area contributed by atoms with Crippen molar-refractivity contribution in [2.45, 2.75) is 6.42 Å². The number of methoxy groups -OCH3 is 1. The van der Waals surface area contributed by atoms with Crippen LogP contribution in [0.15, 0.2) is 42.6 Å². The molecule has 0 spiro atoms. The molecule has 0 bridgehead atoms. The highest BCUT2D eigenvalue weighted by molar-refractivity contribution is 6.35. The van der Waals surface area contributed by atoms with Crippen molar-refractivity contribution >= 4 is 34.1 Å². The van der Waals surface area contributed by atoms with Crippen molar-refractivity contribution in [1.29, 1.82) is 0 Å². The fourth-order valence-electron chi connectivity index (χ4n) is 5.32. The summed E-state index contributed by atoms with van der Waals surface area (Å²) in [5.74, 6) is 3.25. The number of benzene rings is 2. The lowest BCUT2D eigenvalue weighted by molar-refractivity contribution is -0.118. The number of hydrogen-bond acceptors (Lipinski definition) is 6. The first-order valence-electron chi connectivity index (χ1n) is 11.6. The molecule has 8 heteroatoms. The zero-order valence-electron chi connectivity index (χ0n) is 18.9. The van der Waals surface area contributed by atoms with Crippen LogP contribution < -0.4 is 19.5 Å². The van der Waals surface area contributed by atoms with Gasteiger partial charge in [0, 0.05) is 37.1 Å². The first-order chi connectivity index (χ1) is 16.6. The van der Waals surface area contributed by atoms with Gasteiger partial charge in [0.05, 0.1) is 23.3 Å². The highest BCUT2D eigenvalue weighted by Crippen LogP contribution is 2.52. The number of ether oxygens (including phenoxy) is 3. The minimum absolute atomic E-state index is 0.0374. The molecule has 3 atom stereocenters. The van der Waals surface area contributed by atoms with Gasteiger partial charge >= 0.3 is 0 Å². The summed E-state index contributed by atoms with van der Waals surface area (Å²) < 4.78 is 16.6. The second-order valence-corrected chi connectivity index (χ2v) is 9.60. The molecular weight excluding hydrogens is 454 g/mol. The van der Waals surface area contributed by atoms with Crippen molar-refractivity contribution < 1.29 is 19.0 Å². The van der Waals surface area contributed by atoms with Crippen molar-refractivity contribution in [2.24, 2.45) is 17.8 Å². The maximum absolute atomic E-state index is 13.1. The summed E-state index contributed by atoms with van der Waals surface area (Å²) in [6.07, 6.45) is 2.53. The largest absolute Gasteiger partial charge is 0.497 e. The maximum atomic E-state index is 13.1. The van der Waals surface area contributed by atoms with Gasteiger partial charge in [-0.05, 0) is 54.2 Å². The summed E-state index contributed by atoms with van der Waals surface area (Å²) in [5.41, 5.74) is 2.62. The Balaban J connectivity index is 1.06. The van der Waals surface area contributed by atoms with E-state index in [9.17, 15) is 4.79 Å². The van der Waals surface area contributed by atoms with E-state index in [1.54, 1.807) is 13.3 Å². The van der Waals surface area contributed by atoms with E-state index in [1.807, 2.05) is 24.3 Å². The summed E-state index contributed by atoms with van der Waals surface area (Å²) in [4.78, 5) is 19.9. The van der Waals surface area contributed by atoms with Gasteiger partial charge in [0.15, 0.2) is 11.5 Å². The second-order valence-electron chi connectivity index (χ2n) is 9.19. The van der Waals surface area contributed by atoms with Gasteiger partial charge in [-0.15, -0.1) is 0 Å². The Bertz CT molecular complexity index is 1250. The molecule has 1 aliphatic carbocycles. The Hall–Kier alpha value is -3.03. The Morgan fingerprint density at radius 3 is 2.74 bits per heavy atom. The fourth-order valence-corrected chi connectivity index (χ4v) is 5.52. The number of fused-ring (bicyclic) bond motifs is 3. The van der Waals surface area contributed by atoms with Crippen LogP contribution >= 0.6 is 11.6 Å². The Labute approximate surface area is 203 Å². The first-order valence-corrected chi connectivity index (χ1v) is 12.0. The van der Waals surface area contributed by atoms with Crippen molar-refractivity contribution in [3.05, 3.63) is 53.2 Å². The molecular formula is C26H26ClN3O4. The van der Waals surface area contributed by atoms with Gasteiger partial charge < -0.3 is 24.4 Å². The third-order valence-corrected chi connectivity index (χ3v) is 7.46. The van der Waals surface area contributed by atoms with Gasteiger partial charge in [-0.2, -0.15) is 0 Å². The Morgan fingerprint density at radius 1 is 1.15 bits per heavy atom. The lowest BCUT2D eigenvalue weighted by Crippen LogP contribution is -2.30. The minimum Gasteiger partial charge on any atom is -0.497 e. The smallest absolute Gasteiger partial charge is 0.228 e. The summed E-state index contributed by atoms with van der Waals surface area (Å²) >= 11 is 6.41. The molecule has 1 N–H and O–H groups in total. The quantitative estimate of drug-likeness (QED) is 0.575. The lowest BCUT2D eigenvalue weighted by Gasteiger charge is -2.21. The Kier molecular flexibility index (Phi) is 5.46. The number of halogens is 1. The van der Waals surface area contributed by atoms with E-state index in [0.717, 1.165) is 48.5 Å². The average molecular weight is 480 g/mol. The molecule has 1 aromatic heterocycles. The Morgan fingerprint density at radius 2 is 1.94 bits per heavy atom. The molecule has 3 heterocycles. The summed E-state index contributed by atoms with van der Waals surface area (Å²) in [6.45, 7) is 4.08. The van der Waals surface area contributed by atoms with Gasteiger partial charge in [0.25, 0.3) is 0 Å². The molecule has 0 radical (unpaired) electrons. The number of anilines is 1. The normalized spacial score (nSPS) is 22.9. The van der Waals surface area contributed by atoms with Crippen LogP contribution in [0.2, 0.25) is 5.02 Å². The lowest BCUT2D eigenvalue weighted by atomic mass is 10.1. The molecule has 6 rings (SSSR count). The van der Waals surface area contributed by atoms with Crippen LogP contribution in [-0.2, 0) is 11.2 Å². The number of nitrogens with zero attached hydrogens (tertiary/aromatic N) is 2. The molecule has 34 heavy (non-hydrogen) atoms. The molecule has 1 unspecified atom stereocenters. The van der Waals surface area contributed by atoms with Gasteiger partial charge in [-0.25, -0.2) is 0 Å². The molecule has 2 fully saturated rings. The highest BCUT2D eigenvalue weighted by atomic mass is 35.5. The number of rotatable bonds is 6. The molecule has 1 saturated carbocycles. The standard InChI is InChI=1S/C26H26ClN3O4/c1-32-16-3-4-21-17(11-16)25(20(27)12-28-21)29-26(31)24-18-13-30(14-19(18)24)7-6-15-2-5-22-23(10-15)34-9-8-33-22/h2-5,10-12,18-19,24H,6-9,13-14H2,1H3,(H,28,29,31)/t18-,19+,24?. The molecule has 176 valence electrons. The van der Waals surface area contributed by atoms with E-state index < -0.39 is 0 Å². The van der Waals surface area contributed by atoms with Gasteiger partial charge in [0.2, 0.25) is 5.91 Å². The molecule has 1 amide bonds. The molecule has 2 aliphatic heterocycles. The number of hydrogen-bond donors (Lipinski definition) is 1. The van der Waals surface area contributed by atoms with Crippen molar-refractivity contribution in [2.75, 3.05) is 45.3 Å². The van der Waals surface area contributed by atoms with Gasteiger partial charge in [0.1, 0.15) is 19.0 Å². The third kappa shape index (κ3) is 3.93. The molecule has 1 saturated heterocycles. The van der Waals surface area contributed by atoms with Gasteiger partial charge in [-0.3, -0.25) is 9.78 Å². The average Bonchev–Trinajstić information content (AvgIpc) is 3.38. The predicted molar refractivity (Wildman–Crippen MR) is 130 cm³/mol. The number of nitrogens with one attached hydrogen (secondary N) is 1. The predicted octanol–water partition coefficient (Wildman–Crippen LogP) is 4.03. The molecule has 3 aliphatic rings. The fraction of sp³-hybridized carbons (Fsp3) is 0.385. The number of carbonyl (C=O) groups excluding carboxylic acids is 1. The molecule has 3 aromatic rings. The van der Waals surface area contributed by atoms with Crippen LogP contribution in [0.25, 0.3) is 10.9 Å². The number of amides is 1. The monoisotopic (exact) mass is 479 g/mol. The van der Waals surface area contributed by atoms with Crippen molar-refractivity contribution in [3.8, 4) is 17.2 Å². The van der Waals surface area contributed by atoms with Crippen molar-refractivity contribution in [1.82, 2.24) is 9.88 Å². The summed E-state index contributed by atoms with van der Waals surface area (Å²) in [6, 6.07) is 11.8. The van der Waals surface area contributed by atoms with E-state index in [-0.39, 0.29) is 11.8 Å². The number of carbonyl (C=O) groups is 1. The SMILES string of the molecule is COc1ccc2ncc(Cl)c(NC(=O)C3[C@H]4CN(CCc5ccc6c(c5)OCCO6)C[C@@H]34)c2c1. The number of pyridine rings is 1. The van der Waals surface area contributed by atoms with Crippen LogP contribution in [0.4, 0.5) is 5.69 Å². The van der Waals surface area contributed by atoms with E-state index in [4.69, 9.17) is 25.8 Å². The van der Waals surface area contributed by atoms with Crippen LogP contribution in [0, 0.1) is 17.8 Å². The van der Waals surface area contributed by atoms with Crippen LogP contribution in [0.5, 0.6) is 17.2 Å². The summed E-state index contributed by atoms with van der Waals surface area (Å²) in [7, 11) is 1.61. The number of aromatic nitrogens is 1. The zero-order valence-corrected chi connectivity index (χ0v) is 19.7. The van der Waals surface area contributed by atoms with Gasteiger partial charge in [-0.1, -0.05) is 17.7 Å². The molecule has 2 aromatic carbocycles. The number of piperidine rings is 1. The highest BCUT2D eigenvalue weighted by Gasteiger charge is 2.59. The summed E-state index contributed by atoms with van der Waals surface area (Å²) in [5, 5.41) is 4.30. The van der Waals surface area contributed by atoms with E-state index in [0.29, 0.717) is 41.5 Å². The van der Waals surface area contributed by atoms with E-state index >= 15 is 0 Å². The van der Waals surface area contributed by atoms with Crippen molar-refractivity contribution in [3.63, 3.8) is 0 Å².